The van der Waals surface area contributed by atoms with Gasteiger partial charge in [0.2, 0.25) is 5.91 Å². The molecule has 8 heteroatoms. The molecule has 2 aromatic carbocycles. The number of nitrogens with zero attached hydrogens (tertiary/aromatic N) is 1. The number of thiazole rings is 1. The number of benzene rings is 2. The maximum Gasteiger partial charge on any atom is 0.230 e. The van der Waals surface area contributed by atoms with Gasteiger partial charge in [-0.1, -0.05) is 11.6 Å². The quantitative estimate of drug-likeness (QED) is 0.538. The summed E-state index contributed by atoms with van der Waals surface area (Å²) in [5.41, 5.74) is 2.15. The normalized spacial score (nSPS) is 10.5. The van der Waals surface area contributed by atoms with Crippen molar-refractivity contribution in [2.75, 3.05) is 26.1 Å². The van der Waals surface area contributed by atoms with Crippen LogP contribution in [0.15, 0.2) is 41.8 Å². The average Bonchev–Trinajstić information content (AvgIpc) is 3.17. The highest BCUT2D eigenvalue weighted by molar-refractivity contribution is 7.13. The molecule has 0 saturated carbocycles. The summed E-state index contributed by atoms with van der Waals surface area (Å²) in [6.45, 7) is 2.57. The Morgan fingerprint density at radius 3 is 2.52 bits per heavy atom. The second-order valence-corrected chi connectivity index (χ2v) is 7.28. The molecule has 3 aromatic rings. The van der Waals surface area contributed by atoms with Gasteiger partial charge in [0, 0.05) is 17.0 Å². The Morgan fingerprint density at radius 1 is 1.14 bits per heavy atom. The molecule has 0 aliphatic rings. The minimum absolute atomic E-state index is 0.139. The van der Waals surface area contributed by atoms with E-state index >= 15 is 0 Å². The number of hydrogen-bond acceptors (Lipinski definition) is 6. The van der Waals surface area contributed by atoms with Crippen molar-refractivity contribution < 1.29 is 19.0 Å². The minimum atomic E-state index is -0.215. The molecule has 0 bridgehead atoms. The summed E-state index contributed by atoms with van der Waals surface area (Å²) in [4.78, 5) is 17.1. The molecule has 0 unspecified atom stereocenters. The van der Waals surface area contributed by atoms with Crippen LogP contribution in [0, 0.1) is 0 Å². The van der Waals surface area contributed by atoms with E-state index in [-0.39, 0.29) is 12.3 Å². The molecule has 29 heavy (non-hydrogen) atoms. The first-order valence-corrected chi connectivity index (χ1v) is 10.2. The Labute approximate surface area is 178 Å². The monoisotopic (exact) mass is 432 g/mol. The van der Waals surface area contributed by atoms with Crippen LogP contribution in [-0.4, -0.2) is 31.7 Å². The zero-order chi connectivity index (χ0) is 20.8. The van der Waals surface area contributed by atoms with Crippen LogP contribution < -0.4 is 19.5 Å². The van der Waals surface area contributed by atoms with Gasteiger partial charge in [-0.25, -0.2) is 4.98 Å². The van der Waals surface area contributed by atoms with Crippen molar-refractivity contribution >= 4 is 34.5 Å². The highest BCUT2D eigenvalue weighted by Gasteiger charge is 2.14. The van der Waals surface area contributed by atoms with Gasteiger partial charge in [-0.05, 0) is 37.3 Å². The number of aromatic nitrogens is 1. The Bertz CT molecular complexity index is 989. The van der Waals surface area contributed by atoms with Gasteiger partial charge in [0.25, 0.3) is 0 Å². The van der Waals surface area contributed by atoms with Crippen molar-refractivity contribution in [1.29, 1.82) is 0 Å². The summed E-state index contributed by atoms with van der Waals surface area (Å²) in [5, 5.41) is 5.93. The van der Waals surface area contributed by atoms with Crippen molar-refractivity contribution in [3.05, 3.63) is 52.5 Å². The lowest BCUT2D eigenvalue weighted by molar-refractivity contribution is -0.115. The van der Waals surface area contributed by atoms with Crippen LogP contribution >= 0.6 is 22.9 Å². The standard InChI is InChI=1S/C21H21ClN2O4S/c1-4-28-15-7-5-13(6-8-15)21-23-14(12-29-21)9-20(25)24-17-10-16(22)18(26-2)11-19(17)27-3/h5-8,10-12H,4,9H2,1-3H3,(H,24,25). The molecule has 3 rings (SSSR count). The zero-order valence-corrected chi connectivity index (χ0v) is 17.9. The Hall–Kier alpha value is -2.77. The molecule has 0 fully saturated rings. The Balaban J connectivity index is 1.68. The fourth-order valence-electron chi connectivity index (χ4n) is 2.70. The van der Waals surface area contributed by atoms with Crippen molar-refractivity contribution in [2.45, 2.75) is 13.3 Å². The van der Waals surface area contributed by atoms with Crippen LogP contribution in [0.1, 0.15) is 12.6 Å². The lowest BCUT2D eigenvalue weighted by Gasteiger charge is -2.12. The maximum absolute atomic E-state index is 12.5. The fourth-order valence-corrected chi connectivity index (χ4v) is 3.76. The van der Waals surface area contributed by atoms with Crippen molar-refractivity contribution in [1.82, 2.24) is 4.98 Å². The first-order chi connectivity index (χ1) is 14.0. The van der Waals surface area contributed by atoms with Crippen LogP contribution in [0.2, 0.25) is 5.02 Å². The number of hydrogen-bond donors (Lipinski definition) is 1. The van der Waals surface area contributed by atoms with E-state index in [0.717, 1.165) is 16.3 Å². The van der Waals surface area contributed by atoms with Crippen LogP contribution in [0.4, 0.5) is 5.69 Å². The number of halogens is 1. The number of rotatable bonds is 8. The van der Waals surface area contributed by atoms with E-state index in [4.69, 9.17) is 25.8 Å². The van der Waals surface area contributed by atoms with E-state index in [1.54, 1.807) is 12.1 Å². The molecule has 1 amide bonds. The van der Waals surface area contributed by atoms with Gasteiger partial charge < -0.3 is 19.5 Å². The van der Waals surface area contributed by atoms with Gasteiger partial charge in [0.1, 0.15) is 22.3 Å². The summed E-state index contributed by atoms with van der Waals surface area (Å²) >= 11 is 7.64. The number of ether oxygens (including phenoxy) is 3. The molecule has 6 nitrogen and oxygen atoms in total. The number of amides is 1. The fraction of sp³-hybridized carbons (Fsp3) is 0.238. The molecule has 0 radical (unpaired) electrons. The molecular weight excluding hydrogens is 412 g/mol. The molecular formula is C21H21ClN2O4S. The molecule has 1 aromatic heterocycles. The molecule has 152 valence electrons. The molecule has 0 aliphatic carbocycles. The largest absolute Gasteiger partial charge is 0.495 e. The summed E-state index contributed by atoms with van der Waals surface area (Å²) < 4.78 is 15.9. The summed E-state index contributed by atoms with van der Waals surface area (Å²) in [5.74, 6) is 1.54. The third-order valence-electron chi connectivity index (χ3n) is 4.05. The van der Waals surface area contributed by atoms with E-state index in [2.05, 4.69) is 10.3 Å². The summed E-state index contributed by atoms with van der Waals surface area (Å²) in [7, 11) is 3.03. The van der Waals surface area contributed by atoms with E-state index in [0.29, 0.717) is 34.5 Å². The molecule has 0 atom stereocenters. The number of nitrogens with one attached hydrogen (secondary N) is 1. The van der Waals surface area contributed by atoms with Crippen molar-refractivity contribution in [3.63, 3.8) is 0 Å². The SMILES string of the molecule is CCOc1ccc(-c2nc(CC(=O)Nc3cc(Cl)c(OC)cc3OC)cs2)cc1. The van der Waals surface area contributed by atoms with Crippen molar-refractivity contribution in [3.8, 4) is 27.8 Å². The third kappa shape index (κ3) is 5.19. The minimum Gasteiger partial charge on any atom is -0.495 e. The van der Waals surface area contributed by atoms with E-state index in [1.165, 1.54) is 25.6 Å². The van der Waals surface area contributed by atoms with Crippen molar-refractivity contribution in [2.24, 2.45) is 0 Å². The number of methoxy groups -OCH3 is 2. The summed E-state index contributed by atoms with van der Waals surface area (Å²) in [6, 6.07) is 11.0. The lowest BCUT2D eigenvalue weighted by Crippen LogP contribution is -2.15. The second kappa shape index (κ2) is 9.62. The highest BCUT2D eigenvalue weighted by atomic mass is 35.5. The third-order valence-corrected chi connectivity index (χ3v) is 5.29. The van der Waals surface area contributed by atoms with Gasteiger partial charge in [-0.2, -0.15) is 0 Å². The van der Waals surface area contributed by atoms with E-state index < -0.39 is 0 Å². The van der Waals surface area contributed by atoms with E-state index in [9.17, 15) is 4.79 Å². The Kier molecular flexibility index (Phi) is 6.95. The molecule has 1 N–H and O–H groups in total. The predicted octanol–water partition coefficient (Wildman–Crippen LogP) is 5.06. The smallest absolute Gasteiger partial charge is 0.230 e. The van der Waals surface area contributed by atoms with Crippen LogP contribution in [0.25, 0.3) is 10.6 Å². The van der Waals surface area contributed by atoms with E-state index in [1.807, 2.05) is 36.6 Å². The van der Waals surface area contributed by atoms with Gasteiger partial charge in [-0.3, -0.25) is 4.79 Å². The van der Waals surface area contributed by atoms with Gasteiger partial charge in [0.15, 0.2) is 0 Å². The first-order valence-electron chi connectivity index (χ1n) is 8.93. The zero-order valence-electron chi connectivity index (χ0n) is 16.3. The number of carbonyl (C=O) groups excluding carboxylic acids is 1. The Morgan fingerprint density at radius 2 is 1.86 bits per heavy atom. The summed E-state index contributed by atoms with van der Waals surface area (Å²) in [6.07, 6.45) is 0.139. The predicted molar refractivity (Wildman–Crippen MR) is 116 cm³/mol. The van der Waals surface area contributed by atoms with Crippen LogP contribution in [0.5, 0.6) is 17.2 Å². The average molecular weight is 433 g/mol. The molecule has 0 saturated heterocycles. The molecule has 0 aliphatic heterocycles. The van der Waals surface area contributed by atoms with Crippen LogP contribution in [0.3, 0.4) is 0 Å². The van der Waals surface area contributed by atoms with Gasteiger partial charge in [0.05, 0.1) is 43.7 Å². The van der Waals surface area contributed by atoms with Crippen LogP contribution in [-0.2, 0) is 11.2 Å². The number of carbonyl (C=O) groups is 1. The van der Waals surface area contributed by atoms with Gasteiger partial charge >= 0.3 is 0 Å². The molecule has 0 spiro atoms. The molecule has 1 heterocycles. The lowest BCUT2D eigenvalue weighted by atomic mass is 10.2. The van der Waals surface area contributed by atoms with Gasteiger partial charge in [-0.15, -0.1) is 11.3 Å². The highest BCUT2D eigenvalue weighted by Crippen LogP contribution is 2.36. The second-order valence-electron chi connectivity index (χ2n) is 6.01. The topological polar surface area (TPSA) is 69.7 Å². The number of anilines is 1. The maximum atomic E-state index is 12.5. The first kappa shape index (κ1) is 21.0.